The van der Waals surface area contributed by atoms with Crippen LogP contribution in [0, 0.1) is 17.8 Å². The van der Waals surface area contributed by atoms with E-state index in [0.29, 0.717) is 28.9 Å². The van der Waals surface area contributed by atoms with Crippen molar-refractivity contribution in [3.8, 4) is 0 Å². The normalized spacial score (nSPS) is 26.1. The summed E-state index contributed by atoms with van der Waals surface area (Å²) in [5, 5.41) is 7.81. The smallest absolute Gasteiger partial charge is 0.283 e. The van der Waals surface area contributed by atoms with Gasteiger partial charge in [-0.25, -0.2) is 4.68 Å². The fraction of sp³-hybridized carbons (Fsp3) is 0.750. The number of nitrogens with one attached hydrogen (secondary N) is 1. The van der Waals surface area contributed by atoms with Gasteiger partial charge in [0.25, 0.3) is 5.56 Å². The number of nitrogens with zero attached hydrogens (tertiary/aromatic N) is 2. The van der Waals surface area contributed by atoms with Gasteiger partial charge in [0.2, 0.25) is 0 Å². The van der Waals surface area contributed by atoms with Crippen LogP contribution in [-0.4, -0.2) is 15.8 Å². The van der Waals surface area contributed by atoms with E-state index in [1.807, 2.05) is 0 Å². The predicted molar refractivity (Wildman–Crippen MR) is 90.6 cm³/mol. The summed E-state index contributed by atoms with van der Waals surface area (Å²) < 4.78 is 2.13. The third-order valence-corrected chi connectivity index (χ3v) is 5.06. The van der Waals surface area contributed by atoms with Gasteiger partial charge in [-0.3, -0.25) is 4.79 Å². The van der Waals surface area contributed by atoms with Gasteiger partial charge in [-0.2, -0.15) is 5.10 Å². The summed E-state index contributed by atoms with van der Waals surface area (Å²) in [5.41, 5.74) is 0.775. The molecule has 21 heavy (non-hydrogen) atoms. The maximum atomic E-state index is 12.3. The molecule has 1 aliphatic rings. The monoisotopic (exact) mass is 355 g/mol. The molecule has 5 heteroatoms. The second-order valence-electron chi connectivity index (χ2n) is 6.90. The molecule has 1 fully saturated rings. The molecule has 1 N–H and O–H groups in total. The zero-order valence-electron chi connectivity index (χ0n) is 13.4. The molecule has 0 amide bonds. The number of anilines is 1. The fourth-order valence-corrected chi connectivity index (χ4v) is 3.54. The summed E-state index contributed by atoms with van der Waals surface area (Å²) in [6.07, 6.45) is 5.42. The number of rotatable bonds is 4. The molecule has 2 rings (SSSR count). The van der Waals surface area contributed by atoms with Crippen molar-refractivity contribution in [2.75, 3.05) is 5.32 Å². The predicted octanol–water partition coefficient (Wildman–Crippen LogP) is 3.90. The summed E-state index contributed by atoms with van der Waals surface area (Å²) in [4.78, 5) is 12.3. The lowest BCUT2D eigenvalue weighted by Crippen LogP contribution is -2.34. The lowest BCUT2D eigenvalue weighted by Gasteiger charge is -2.34. The van der Waals surface area contributed by atoms with Gasteiger partial charge in [0.1, 0.15) is 4.47 Å². The summed E-state index contributed by atoms with van der Waals surface area (Å²) >= 11 is 3.44. The van der Waals surface area contributed by atoms with Crippen molar-refractivity contribution in [3.05, 3.63) is 21.0 Å². The van der Waals surface area contributed by atoms with Gasteiger partial charge in [0, 0.05) is 12.6 Å². The molecule has 3 unspecified atom stereocenters. The average Bonchev–Trinajstić information content (AvgIpc) is 2.40. The van der Waals surface area contributed by atoms with Crippen molar-refractivity contribution in [3.63, 3.8) is 0 Å². The highest BCUT2D eigenvalue weighted by molar-refractivity contribution is 9.10. The van der Waals surface area contributed by atoms with E-state index in [9.17, 15) is 4.79 Å². The van der Waals surface area contributed by atoms with Crippen LogP contribution in [0.3, 0.4) is 0 Å². The first-order chi connectivity index (χ1) is 9.88. The lowest BCUT2D eigenvalue weighted by molar-refractivity contribution is 0.276. The molecule has 0 spiro atoms. The van der Waals surface area contributed by atoms with Gasteiger partial charge < -0.3 is 5.32 Å². The molecule has 0 aliphatic heterocycles. The van der Waals surface area contributed by atoms with Gasteiger partial charge >= 0.3 is 0 Å². The van der Waals surface area contributed by atoms with Crippen LogP contribution in [0.2, 0.25) is 0 Å². The molecule has 118 valence electrons. The van der Waals surface area contributed by atoms with E-state index in [2.05, 4.69) is 54.0 Å². The topological polar surface area (TPSA) is 46.9 Å². The van der Waals surface area contributed by atoms with Gasteiger partial charge in [0.05, 0.1) is 11.9 Å². The summed E-state index contributed by atoms with van der Waals surface area (Å²) in [5.74, 6) is 1.83. The molecule has 3 atom stereocenters. The molecule has 0 aromatic carbocycles. The van der Waals surface area contributed by atoms with E-state index >= 15 is 0 Å². The van der Waals surface area contributed by atoms with Gasteiger partial charge in [0.15, 0.2) is 0 Å². The third-order valence-electron chi connectivity index (χ3n) is 4.30. The maximum absolute atomic E-state index is 12.3. The molecule has 1 aromatic rings. The van der Waals surface area contributed by atoms with E-state index in [-0.39, 0.29) is 5.56 Å². The Kier molecular flexibility index (Phi) is 5.47. The largest absolute Gasteiger partial charge is 0.380 e. The van der Waals surface area contributed by atoms with Crippen LogP contribution in [0.15, 0.2) is 15.5 Å². The SMILES string of the molecule is CC(C)Cn1ncc(NC2CCC(C)CC2C)c(Br)c1=O. The van der Waals surface area contributed by atoms with Crippen LogP contribution < -0.4 is 10.9 Å². The Labute approximate surface area is 135 Å². The third kappa shape index (κ3) is 4.09. The molecule has 1 aromatic heterocycles. The van der Waals surface area contributed by atoms with Crippen LogP contribution in [0.4, 0.5) is 5.69 Å². The Hall–Kier alpha value is -0.840. The molecule has 0 radical (unpaired) electrons. The fourth-order valence-electron chi connectivity index (χ4n) is 3.12. The second kappa shape index (κ2) is 6.95. The first kappa shape index (κ1) is 16.5. The minimum Gasteiger partial charge on any atom is -0.380 e. The molecular weight excluding hydrogens is 330 g/mol. The van der Waals surface area contributed by atoms with Gasteiger partial charge in [-0.1, -0.05) is 27.7 Å². The molecule has 4 nitrogen and oxygen atoms in total. The van der Waals surface area contributed by atoms with Crippen molar-refractivity contribution in [1.82, 2.24) is 9.78 Å². The van der Waals surface area contributed by atoms with Crippen molar-refractivity contribution >= 4 is 21.6 Å². The Morgan fingerprint density at radius 2 is 2.14 bits per heavy atom. The standard InChI is InChI=1S/C16H26BrN3O/c1-10(2)9-20-16(21)15(17)14(8-18-20)19-13-6-5-11(3)7-12(13)4/h8,10-13,19H,5-7,9H2,1-4H3. The van der Waals surface area contributed by atoms with Crippen LogP contribution in [0.25, 0.3) is 0 Å². The van der Waals surface area contributed by atoms with Crippen LogP contribution in [0.1, 0.15) is 47.0 Å². The second-order valence-corrected chi connectivity index (χ2v) is 7.69. The Bertz CT molecular complexity index is 541. The zero-order chi connectivity index (χ0) is 15.6. The molecule has 1 heterocycles. The van der Waals surface area contributed by atoms with Crippen molar-refractivity contribution < 1.29 is 0 Å². The molecule has 0 bridgehead atoms. The number of hydrogen-bond donors (Lipinski definition) is 1. The number of aromatic nitrogens is 2. The van der Waals surface area contributed by atoms with Gasteiger partial charge in [-0.05, 0) is 52.9 Å². The number of halogens is 1. The molecule has 1 saturated carbocycles. The summed E-state index contributed by atoms with van der Waals surface area (Å²) in [6.45, 7) is 9.42. The van der Waals surface area contributed by atoms with E-state index in [0.717, 1.165) is 18.0 Å². The molecular formula is C16H26BrN3O. The highest BCUT2D eigenvalue weighted by atomic mass is 79.9. The van der Waals surface area contributed by atoms with E-state index < -0.39 is 0 Å². The lowest BCUT2D eigenvalue weighted by atomic mass is 9.80. The first-order valence-electron chi connectivity index (χ1n) is 7.90. The zero-order valence-corrected chi connectivity index (χ0v) is 15.0. The minimum atomic E-state index is -0.0504. The van der Waals surface area contributed by atoms with Crippen molar-refractivity contribution in [2.24, 2.45) is 17.8 Å². The van der Waals surface area contributed by atoms with Gasteiger partial charge in [-0.15, -0.1) is 0 Å². The molecule has 1 aliphatic carbocycles. The van der Waals surface area contributed by atoms with Crippen LogP contribution >= 0.6 is 15.9 Å². The average molecular weight is 356 g/mol. The highest BCUT2D eigenvalue weighted by Crippen LogP contribution is 2.31. The number of hydrogen-bond acceptors (Lipinski definition) is 3. The van der Waals surface area contributed by atoms with E-state index in [4.69, 9.17) is 0 Å². The first-order valence-corrected chi connectivity index (χ1v) is 8.70. The quantitative estimate of drug-likeness (QED) is 0.890. The van der Waals surface area contributed by atoms with Crippen molar-refractivity contribution in [1.29, 1.82) is 0 Å². The van der Waals surface area contributed by atoms with Crippen LogP contribution in [-0.2, 0) is 6.54 Å². The maximum Gasteiger partial charge on any atom is 0.283 e. The Morgan fingerprint density at radius 3 is 2.76 bits per heavy atom. The highest BCUT2D eigenvalue weighted by Gasteiger charge is 2.26. The van der Waals surface area contributed by atoms with E-state index in [1.54, 1.807) is 6.20 Å². The minimum absolute atomic E-state index is 0.0504. The molecule has 0 saturated heterocycles. The summed E-state index contributed by atoms with van der Waals surface area (Å²) in [6, 6.07) is 0.430. The Morgan fingerprint density at radius 1 is 1.43 bits per heavy atom. The van der Waals surface area contributed by atoms with E-state index in [1.165, 1.54) is 17.5 Å². The Balaban J connectivity index is 2.14. The van der Waals surface area contributed by atoms with Crippen molar-refractivity contribution in [2.45, 2.75) is 59.5 Å². The van der Waals surface area contributed by atoms with Crippen LogP contribution in [0.5, 0.6) is 0 Å². The summed E-state index contributed by atoms with van der Waals surface area (Å²) in [7, 11) is 0.